The summed E-state index contributed by atoms with van der Waals surface area (Å²) in [5, 5.41) is 16.7. The van der Waals surface area contributed by atoms with Crippen molar-refractivity contribution in [1.82, 2.24) is 4.57 Å². The number of halogens is 1. The van der Waals surface area contributed by atoms with Crippen LogP contribution in [0.5, 0.6) is 5.75 Å². The highest BCUT2D eigenvalue weighted by molar-refractivity contribution is 7.89. The molecule has 0 unspecified atom stereocenters. The number of rotatable bonds is 8. The zero-order valence-corrected chi connectivity index (χ0v) is 17.7. The molecule has 0 aliphatic heterocycles. The Kier molecular flexibility index (Phi) is 6.70. The number of primary sulfonamides is 1. The Morgan fingerprint density at radius 2 is 2.13 bits per heavy atom. The van der Waals surface area contributed by atoms with Gasteiger partial charge < -0.3 is 14.6 Å². The van der Waals surface area contributed by atoms with Crippen LogP contribution in [0.3, 0.4) is 0 Å². The summed E-state index contributed by atoms with van der Waals surface area (Å²) in [4.78, 5) is 12.5. The Morgan fingerprint density at radius 3 is 2.70 bits per heavy atom. The zero-order chi connectivity index (χ0) is 22.7. The zero-order valence-electron chi connectivity index (χ0n) is 16.9. The lowest BCUT2D eigenvalue weighted by molar-refractivity contribution is 0.101. The molecular formula is C20H23FN4O4S. The lowest BCUT2D eigenvalue weighted by Crippen LogP contribution is -2.19. The first-order chi connectivity index (χ1) is 13.9. The molecule has 1 aromatic carbocycles. The molecular weight excluding hydrogens is 411 g/mol. The van der Waals surface area contributed by atoms with Gasteiger partial charge in [-0.25, -0.2) is 17.9 Å². The fraction of sp³-hybridized carbons (Fsp3) is 0.300. The van der Waals surface area contributed by atoms with Crippen molar-refractivity contribution in [2.24, 2.45) is 17.6 Å². The topological polar surface area (TPSA) is 127 Å². The molecule has 0 aliphatic rings. The molecule has 8 nitrogen and oxygen atoms in total. The van der Waals surface area contributed by atoms with Gasteiger partial charge >= 0.3 is 0 Å². The molecule has 0 spiro atoms. The van der Waals surface area contributed by atoms with E-state index in [9.17, 15) is 17.6 Å². The van der Waals surface area contributed by atoms with Gasteiger partial charge in [-0.1, -0.05) is 19.9 Å². The van der Waals surface area contributed by atoms with Crippen molar-refractivity contribution in [3.05, 3.63) is 54.1 Å². The molecule has 160 valence electrons. The van der Waals surface area contributed by atoms with Crippen LogP contribution in [0, 0.1) is 22.6 Å². The van der Waals surface area contributed by atoms with Gasteiger partial charge in [-0.05, 0) is 30.0 Å². The van der Waals surface area contributed by atoms with Crippen LogP contribution < -0.4 is 15.2 Å². The molecule has 30 heavy (non-hydrogen) atoms. The minimum Gasteiger partial charge on any atom is -0.490 e. The van der Waals surface area contributed by atoms with Crippen LogP contribution in [-0.2, 0) is 17.1 Å². The van der Waals surface area contributed by atoms with Gasteiger partial charge in [-0.15, -0.1) is 6.58 Å². The van der Waals surface area contributed by atoms with Gasteiger partial charge in [0, 0.05) is 18.9 Å². The van der Waals surface area contributed by atoms with Crippen molar-refractivity contribution in [2.45, 2.75) is 25.2 Å². The summed E-state index contributed by atoms with van der Waals surface area (Å²) in [6.45, 7) is 7.72. The Balaban J connectivity index is 2.40. The Morgan fingerprint density at radius 1 is 1.47 bits per heavy atom. The fourth-order valence-corrected chi connectivity index (χ4v) is 3.30. The summed E-state index contributed by atoms with van der Waals surface area (Å²) in [7, 11) is -2.70. The van der Waals surface area contributed by atoms with E-state index in [0.717, 1.165) is 6.07 Å². The number of aromatic nitrogens is 1. The van der Waals surface area contributed by atoms with Crippen molar-refractivity contribution < 1.29 is 22.3 Å². The molecule has 0 saturated carbocycles. The smallest absolute Gasteiger partial charge is 0.276 e. The van der Waals surface area contributed by atoms with Gasteiger partial charge in [-0.3, -0.25) is 4.79 Å². The van der Waals surface area contributed by atoms with Gasteiger partial charge in [0.15, 0.2) is 11.4 Å². The van der Waals surface area contributed by atoms with E-state index in [2.05, 4.69) is 11.9 Å². The van der Waals surface area contributed by atoms with E-state index in [4.69, 9.17) is 15.1 Å². The molecule has 1 heterocycles. The van der Waals surface area contributed by atoms with Crippen LogP contribution in [0.1, 0.15) is 36.3 Å². The van der Waals surface area contributed by atoms with E-state index >= 15 is 0 Å². The number of amides is 1. The number of nitriles is 1. The number of benzene rings is 1. The SMILES string of the molecule is C=CC(C)(C)CCOc1c(S(N)(=O)=O)cn(C)c1C(=O)Nc1ccc(F)c(C#N)c1. The molecule has 0 atom stereocenters. The molecule has 1 aromatic heterocycles. The second kappa shape index (κ2) is 8.69. The molecule has 0 saturated heterocycles. The summed E-state index contributed by atoms with van der Waals surface area (Å²) in [5.41, 5.74) is -0.429. The van der Waals surface area contributed by atoms with Crippen molar-refractivity contribution in [2.75, 3.05) is 11.9 Å². The minimum absolute atomic E-state index is 0.0849. The second-order valence-electron chi connectivity index (χ2n) is 7.38. The van der Waals surface area contributed by atoms with Gasteiger partial charge in [-0.2, -0.15) is 5.26 Å². The maximum atomic E-state index is 13.5. The maximum absolute atomic E-state index is 13.5. The quantitative estimate of drug-likeness (QED) is 0.618. The molecule has 0 bridgehead atoms. The van der Waals surface area contributed by atoms with Gasteiger partial charge in [0.1, 0.15) is 16.8 Å². The van der Waals surface area contributed by atoms with Gasteiger partial charge in [0.25, 0.3) is 5.91 Å². The normalized spacial score (nSPS) is 11.6. The van der Waals surface area contributed by atoms with E-state index in [0.29, 0.717) is 6.42 Å². The Bertz CT molecular complexity index is 1130. The maximum Gasteiger partial charge on any atom is 0.276 e. The van der Waals surface area contributed by atoms with E-state index in [1.165, 1.54) is 29.9 Å². The summed E-state index contributed by atoms with van der Waals surface area (Å²) < 4.78 is 44.5. The largest absolute Gasteiger partial charge is 0.490 e. The highest BCUT2D eigenvalue weighted by atomic mass is 32.2. The van der Waals surface area contributed by atoms with Crippen molar-refractivity contribution >= 4 is 21.6 Å². The molecule has 0 radical (unpaired) electrons. The predicted octanol–water partition coefficient (Wildman–Crippen LogP) is 2.92. The first-order valence-corrected chi connectivity index (χ1v) is 10.4. The number of allylic oxidation sites excluding steroid dienone is 1. The minimum atomic E-state index is -4.17. The van der Waals surface area contributed by atoms with Crippen LogP contribution in [0.15, 0.2) is 41.9 Å². The van der Waals surface area contributed by atoms with Crippen LogP contribution in [-0.4, -0.2) is 25.5 Å². The van der Waals surface area contributed by atoms with Gasteiger partial charge in [0.05, 0.1) is 12.2 Å². The number of carbonyl (C=O) groups excluding carboxylic acids is 1. The summed E-state index contributed by atoms with van der Waals surface area (Å²) in [6, 6.07) is 5.18. The number of nitrogens with one attached hydrogen (secondary N) is 1. The van der Waals surface area contributed by atoms with Gasteiger partial charge in [0.2, 0.25) is 10.0 Å². The van der Waals surface area contributed by atoms with E-state index < -0.39 is 21.7 Å². The average Bonchev–Trinajstić information content (AvgIpc) is 2.99. The summed E-state index contributed by atoms with van der Waals surface area (Å²) in [5.74, 6) is -1.61. The molecule has 1 amide bonds. The average molecular weight is 434 g/mol. The van der Waals surface area contributed by atoms with E-state index in [1.807, 2.05) is 13.8 Å². The third-order valence-corrected chi connectivity index (χ3v) is 5.42. The first-order valence-electron chi connectivity index (χ1n) is 8.89. The highest BCUT2D eigenvalue weighted by Gasteiger charge is 2.28. The van der Waals surface area contributed by atoms with Crippen molar-refractivity contribution in [3.63, 3.8) is 0 Å². The van der Waals surface area contributed by atoms with E-state index in [1.54, 1.807) is 12.1 Å². The number of nitrogens with zero attached hydrogens (tertiary/aromatic N) is 2. The van der Waals surface area contributed by atoms with Crippen LogP contribution in [0.2, 0.25) is 0 Å². The lowest BCUT2D eigenvalue weighted by Gasteiger charge is -2.20. The van der Waals surface area contributed by atoms with Crippen LogP contribution in [0.25, 0.3) is 0 Å². The molecule has 0 fully saturated rings. The number of nitrogens with two attached hydrogens (primary N) is 1. The summed E-state index contributed by atoms with van der Waals surface area (Å²) in [6.07, 6.45) is 3.44. The monoisotopic (exact) mass is 434 g/mol. The van der Waals surface area contributed by atoms with Crippen LogP contribution >= 0.6 is 0 Å². The number of hydrogen-bond donors (Lipinski definition) is 2. The molecule has 2 rings (SSSR count). The molecule has 0 aliphatic carbocycles. The van der Waals surface area contributed by atoms with Crippen molar-refractivity contribution in [3.8, 4) is 11.8 Å². The molecule has 3 N–H and O–H groups in total. The molecule has 2 aromatic rings. The molecule has 10 heteroatoms. The number of sulfonamides is 1. The first kappa shape index (κ1) is 23.1. The number of carbonyl (C=O) groups is 1. The highest BCUT2D eigenvalue weighted by Crippen LogP contribution is 2.31. The third-order valence-electron chi connectivity index (χ3n) is 4.51. The predicted molar refractivity (Wildman–Crippen MR) is 110 cm³/mol. The fourth-order valence-electron chi connectivity index (χ4n) is 2.58. The van der Waals surface area contributed by atoms with Crippen molar-refractivity contribution in [1.29, 1.82) is 5.26 Å². The number of anilines is 1. The second-order valence-corrected chi connectivity index (χ2v) is 8.91. The Hall–Kier alpha value is -3.16. The standard InChI is InChI=1S/C20H23FN4O4S/c1-5-20(2,3)8-9-29-18-16(30(23,27)28)12-25(4)17(18)19(26)24-14-6-7-15(21)13(10-14)11-22/h5-7,10,12H,1,8-9H2,2-4H3,(H,24,26)(H2,23,27,28). The lowest BCUT2D eigenvalue weighted by atomic mass is 9.90. The third kappa shape index (κ3) is 5.25. The number of aryl methyl sites for hydroxylation is 1. The number of hydrogen-bond acceptors (Lipinski definition) is 5. The van der Waals surface area contributed by atoms with Crippen LogP contribution in [0.4, 0.5) is 10.1 Å². The summed E-state index contributed by atoms with van der Waals surface area (Å²) >= 11 is 0. The Labute approximate surface area is 174 Å². The van der Waals surface area contributed by atoms with E-state index in [-0.39, 0.29) is 39.6 Å². The number of ether oxygens (including phenoxy) is 1.